The lowest BCUT2D eigenvalue weighted by Crippen LogP contribution is -2.38. The van der Waals surface area contributed by atoms with Crippen molar-refractivity contribution in [3.8, 4) is 0 Å². The molecule has 1 heterocycles. The van der Waals surface area contributed by atoms with Gasteiger partial charge in [0.05, 0.1) is 6.54 Å². The summed E-state index contributed by atoms with van der Waals surface area (Å²) in [5.41, 5.74) is 0.454. The van der Waals surface area contributed by atoms with Gasteiger partial charge in [0.2, 0.25) is 5.76 Å². The molecule has 0 aliphatic heterocycles. The molecular weight excluding hydrogens is 263 g/mol. The van der Waals surface area contributed by atoms with E-state index in [4.69, 9.17) is 9.52 Å². The molecule has 1 rings (SSSR count). The summed E-state index contributed by atoms with van der Waals surface area (Å²) in [6.45, 7) is 3.80. The molecule has 7 heteroatoms. The molecule has 0 fully saturated rings. The van der Waals surface area contributed by atoms with Gasteiger partial charge in [-0.1, -0.05) is 0 Å². The van der Waals surface area contributed by atoms with Gasteiger partial charge in [0.1, 0.15) is 5.76 Å². The first-order valence-corrected chi connectivity index (χ1v) is 5.73. The number of carboxylic acid groups (broad SMARTS) is 1. The number of hydrogen-bond donors (Lipinski definition) is 1. The van der Waals surface area contributed by atoms with Gasteiger partial charge in [-0.25, -0.2) is 4.79 Å². The van der Waals surface area contributed by atoms with Gasteiger partial charge in [-0.2, -0.15) is 13.2 Å². The number of rotatable bonds is 5. The Morgan fingerprint density at radius 3 is 2.42 bits per heavy atom. The number of aromatic carboxylic acids is 1. The highest BCUT2D eigenvalue weighted by Gasteiger charge is 2.32. The van der Waals surface area contributed by atoms with Gasteiger partial charge in [0.15, 0.2) is 0 Å². The van der Waals surface area contributed by atoms with Crippen molar-refractivity contribution >= 4 is 5.97 Å². The van der Waals surface area contributed by atoms with E-state index in [1.807, 2.05) is 0 Å². The highest BCUT2D eigenvalue weighted by molar-refractivity contribution is 5.84. The van der Waals surface area contributed by atoms with E-state index in [2.05, 4.69) is 0 Å². The van der Waals surface area contributed by atoms with Gasteiger partial charge < -0.3 is 9.52 Å². The topological polar surface area (TPSA) is 53.7 Å². The van der Waals surface area contributed by atoms with Gasteiger partial charge >= 0.3 is 12.1 Å². The quantitative estimate of drug-likeness (QED) is 0.900. The number of aryl methyl sites for hydroxylation is 1. The lowest BCUT2D eigenvalue weighted by Gasteiger charge is -2.27. The highest BCUT2D eigenvalue weighted by Crippen LogP contribution is 2.22. The van der Waals surface area contributed by atoms with E-state index in [1.54, 1.807) is 13.8 Å². The minimum absolute atomic E-state index is 0.000208. The number of carboxylic acids is 1. The fourth-order valence-corrected chi connectivity index (χ4v) is 1.65. The first-order valence-electron chi connectivity index (χ1n) is 5.73. The number of alkyl halides is 3. The molecule has 0 aliphatic rings. The van der Waals surface area contributed by atoms with E-state index in [0.29, 0.717) is 11.3 Å². The van der Waals surface area contributed by atoms with Crippen LogP contribution in [0.2, 0.25) is 0 Å². The molecule has 0 saturated heterocycles. The van der Waals surface area contributed by atoms with Gasteiger partial charge in [-0.05, 0) is 26.8 Å². The Bertz CT molecular complexity index is 452. The summed E-state index contributed by atoms with van der Waals surface area (Å²) in [6.07, 6.45) is -4.29. The van der Waals surface area contributed by atoms with E-state index in [0.717, 1.165) is 0 Å². The molecule has 0 aromatic carbocycles. The lowest BCUT2D eigenvalue weighted by molar-refractivity contribution is -0.150. The van der Waals surface area contributed by atoms with Crippen LogP contribution in [0.4, 0.5) is 13.2 Å². The van der Waals surface area contributed by atoms with Crippen LogP contribution in [-0.4, -0.2) is 34.7 Å². The molecule has 0 aliphatic carbocycles. The maximum atomic E-state index is 12.4. The Hall–Kier alpha value is -1.50. The van der Waals surface area contributed by atoms with Crippen molar-refractivity contribution in [2.24, 2.45) is 0 Å². The fraction of sp³-hybridized carbons (Fsp3) is 0.583. The highest BCUT2D eigenvalue weighted by atomic mass is 19.4. The number of carbonyl (C=O) groups is 1. The van der Waals surface area contributed by atoms with Crippen LogP contribution in [0.5, 0.6) is 0 Å². The third-order valence-corrected chi connectivity index (χ3v) is 2.72. The van der Waals surface area contributed by atoms with Gasteiger partial charge in [-0.3, -0.25) is 4.90 Å². The van der Waals surface area contributed by atoms with Crippen molar-refractivity contribution in [1.82, 2.24) is 4.90 Å². The zero-order chi connectivity index (χ0) is 14.8. The molecule has 0 unspecified atom stereocenters. The Balaban J connectivity index is 2.88. The lowest BCUT2D eigenvalue weighted by atomic mass is 10.2. The predicted molar refractivity (Wildman–Crippen MR) is 62.0 cm³/mol. The van der Waals surface area contributed by atoms with Crippen molar-refractivity contribution < 1.29 is 27.5 Å². The zero-order valence-corrected chi connectivity index (χ0v) is 10.9. The molecule has 1 aromatic heterocycles. The molecule has 1 N–H and O–H groups in total. The minimum atomic E-state index is -4.29. The second-order valence-electron chi connectivity index (χ2n) is 4.61. The molecule has 4 nitrogen and oxygen atoms in total. The van der Waals surface area contributed by atoms with Crippen LogP contribution in [0.25, 0.3) is 0 Å². The Kier molecular flexibility index (Phi) is 4.62. The molecule has 0 saturated carbocycles. The monoisotopic (exact) mass is 279 g/mol. The Morgan fingerprint density at radius 2 is 2.05 bits per heavy atom. The largest absolute Gasteiger partial charge is 0.475 e. The summed E-state index contributed by atoms with van der Waals surface area (Å²) in [7, 11) is 0. The van der Waals surface area contributed by atoms with Crippen LogP contribution < -0.4 is 0 Å². The fourth-order valence-electron chi connectivity index (χ4n) is 1.65. The van der Waals surface area contributed by atoms with Gasteiger partial charge in [0.25, 0.3) is 0 Å². The molecule has 0 atom stereocenters. The second-order valence-corrected chi connectivity index (χ2v) is 4.61. The predicted octanol–water partition coefficient (Wildman–Crippen LogP) is 3.06. The zero-order valence-electron chi connectivity index (χ0n) is 10.9. The maximum absolute atomic E-state index is 12.4. The number of nitrogens with zero attached hydrogens (tertiary/aromatic N) is 1. The first kappa shape index (κ1) is 15.6. The van der Waals surface area contributed by atoms with Crippen molar-refractivity contribution in [3.63, 3.8) is 0 Å². The van der Waals surface area contributed by atoms with Crippen LogP contribution in [-0.2, 0) is 6.54 Å². The van der Waals surface area contributed by atoms with Gasteiger partial charge in [0, 0.05) is 18.2 Å². The summed E-state index contributed by atoms with van der Waals surface area (Å²) in [5.74, 6) is -1.17. The third kappa shape index (κ3) is 4.59. The second kappa shape index (κ2) is 5.64. The van der Waals surface area contributed by atoms with Gasteiger partial charge in [-0.15, -0.1) is 0 Å². The number of hydrogen-bond acceptors (Lipinski definition) is 3. The molecule has 1 aromatic rings. The summed E-state index contributed by atoms with van der Waals surface area (Å²) < 4.78 is 42.3. The molecular formula is C12H16F3NO3. The average Bonchev–Trinajstić information content (AvgIpc) is 2.57. The maximum Gasteiger partial charge on any atom is 0.401 e. The molecule has 108 valence electrons. The van der Waals surface area contributed by atoms with E-state index in [9.17, 15) is 18.0 Å². The standard InChI is InChI=1S/C12H16F3NO3/c1-7(2)16(6-12(13,14)15)5-9-4-10(11(17)18)19-8(9)3/h4,7H,5-6H2,1-3H3,(H,17,18). The third-order valence-electron chi connectivity index (χ3n) is 2.72. The molecule has 0 spiro atoms. The van der Waals surface area contributed by atoms with E-state index < -0.39 is 18.7 Å². The summed E-state index contributed by atoms with van der Waals surface area (Å²) in [6, 6.07) is 0.952. The van der Waals surface area contributed by atoms with Crippen molar-refractivity contribution in [2.45, 2.75) is 39.5 Å². The van der Waals surface area contributed by atoms with E-state index in [1.165, 1.54) is 17.9 Å². The molecule has 0 amide bonds. The molecule has 0 radical (unpaired) electrons. The van der Waals surface area contributed by atoms with Crippen LogP contribution in [0, 0.1) is 6.92 Å². The molecule has 0 bridgehead atoms. The summed E-state index contributed by atoms with van der Waals surface area (Å²) in [4.78, 5) is 11.9. The smallest absolute Gasteiger partial charge is 0.401 e. The first-order chi connectivity index (χ1) is 8.60. The van der Waals surface area contributed by atoms with Crippen LogP contribution in [0.1, 0.15) is 35.7 Å². The summed E-state index contributed by atoms with van der Waals surface area (Å²) in [5, 5.41) is 8.77. The Morgan fingerprint density at radius 1 is 1.47 bits per heavy atom. The van der Waals surface area contributed by atoms with Crippen molar-refractivity contribution in [1.29, 1.82) is 0 Å². The number of halogens is 3. The minimum Gasteiger partial charge on any atom is -0.475 e. The van der Waals surface area contributed by atoms with Crippen LogP contribution in [0.3, 0.4) is 0 Å². The van der Waals surface area contributed by atoms with Crippen molar-refractivity contribution in [2.75, 3.05) is 6.54 Å². The van der Waals surface area contributed by atoms with Crippen molar-refractivity contribution in [3.05, 3.63) is 23.2 Å². The molecule has 19 heavy (non-hydrogen) atoms. The van der Waals surface area contributed by atoms with E-state index in [-0.39, 0.29) is 18.3 Å². The normalized spacial score (nSPS) is 12.4. The summed E-state index contributed by atoms with van der Waals surface area (Å²) >= 11 is 0. The SMILES string of the molecule is Cc1oc(C(=O)O)cc1CN(CC(F)(F)F)C(C)C. The van der Waals surface area contributed by atoms with Crippen LogP contribution >= 0.6 is 0 Å². The number of furan rings is 1. The van der Waals surface area contributed by atoms with Crippen LogP contribution in [0.15, 0.2) is 10.5 Å². The average molecular weight is 279 g/mol. The van der Waals surface area contributed by atoms with E-state index >= 15 is 0 Å². The Labute approximate surface area is 108 Å².